The molecule has 1 heterocycles. The number of fused-ring (bicyclic) bond motifs is 1. The molecule has 30 heavy (non-hydrogen) atoms. The molecule has 0 saturated carbocycles. The fourth-order valence-electron chi connectivity index (χ4n) is 3.73. The minimum atomic E-state index is -4.78. The molecule has 0 aliphatic carbocycles. The van der Waals surface area contributed by atoms with Gasteiger partial charge in [0.15, 0.2) is 0 Å². The Bertz CT molecular complexity index is 1160. The summed E-state index contributed by atoms with van der Waals surface area (Å²) in [5.41, 5.74) is 2.62. The molecule has 162 valence electrons. The average Bonchev–Trinajstić information content (AvgIpc) is 3.01. The lowest BCUT2D eigenvalue weighted by Gasteiger charge is -2.23. The Morgan fingerprint density at radius 1 is 1.10 bits per heavy atom. The van der Waals surface area contributed by atoms with Gasteiger partial charge >= 0.3 is 6.18 Å². The van der Waals surface area contributed by atoms with Gasteiger partial charge < -0.3 is 9.72 Å². The minimum absolute atomic E-state index is 0.122. The van der Waals surface area contributed by atoms with E-state index in [0.717, 1.165) is 5.56 Å². The van der Waals surface area contributed by atoms with E-state index in [9.17, 15) is 21.6 Å². The van der Waals surface area contributed by atoms with Crippen molar-refractivity contribution in [3.63, 3.8) is 0 Å². The van der Waals surface area contributed by atoms with Crippen molar-refractivity contribution in [2.24, 2.45) is 0 Å². The molecule has 2 N–H and O–H groups in total. The minimum Gasteiger partial charge on any atom is -0.497 e. The molecule has 3 rings (SSSR count). The molecular formula is C21H23F3N2O3S. The molecule has 9 heteroatoms. The van der Waals surface area contributed by atoms with Gasteiger partial charge in [-0.05, 0) is 62.1 Å². The summed E-state index contributed by atoms with van der Waals surface area (Å²) < 4.78 is 74.2. The first-order valence-electron chi connectivity index (χ1n) is 9.23. The van der Waals surface area contributed by atoms with E-state index in [1.807, 2.05) is 4.72 Å². The van der Waals surface area contributed by atoms with Crippen LogP contribution in [0.4, 0.5) is 13.2 Å². The SMILES string of the molecule is COc1ccc2[nH]cc(CC(NS(=O)(=O)c3c(C)cc(C)cc3C)C(F)(F)F)c2c1. The van der Waals surface area contributed by atoms with E-state index < -0.39 is 28.7 Å². The Morgan fingerprint density at radius 3 is 2.30 bits per heavy atom. The second-order valence-electron chi connectivity index (χ2n) is 7.37. The summed E-state index contributed by atoms with van der Waals surface area (Å²) in [5.74, 6) is 0.499. The molecular weight excluding hydrogens is 417 g/mol. The number of sulfonamides is 1. The number of H-pyrrole nitrogens is 1. The summed E-state index contributed by atoms with van der Waals surface area (Å²) in [6.07, 6.45) is -3.87. The molecule has 0 saturated heterocycles. The number of aryl methyl sites for hydroxylation is 3. The highest BCUT2D eigenvalue weighted by molar-refractivity contribution is 7.89. The van der Waals surface area contributed by atoms with E-state index in [4.69, 9.17) is 4.74 Å². The maximum Gasteiger partial charge on any atom is 0.405 e. The molecule has 0 aliphatic rings. The van der Waals surface area contributed by atoms with Crippen molar-refractivity contribution < 1.29 is 26.3 Å². The summed E-state index contributed by atoms with van der Waals surface area (Å²) in [4.78, 5) is 2.79. The van der Waals surface area contributed by atoms with E-state index in [2.05, 4.69) is 4.98 Å². The molecule has 1 aromatic heterocycles. The van der Waals surface area contributed by atoms with Crippen molar-refractivity contribution in [1.82, 2.24) is 9.71 Å². The lowest BCUT2D eigenvalue weighted by Crippen LogP contribution is -2.47. The van der Waals surface area contributed by atoms with Gasteiger partial charge in [0.05, 0.1) is 12.0 Å². The number of methoxy groups -OCH3 is 1. The Kier molecular flexibility index (Phi) is 5.88. The topological polar surface area (TPSA) is 71.2 Å². The zero-order chi connectivity index (χ0) is 22.3. The second kappa shape index (κ2) is 7.96. The Labute approximate surface area is 173 Å². The Balaban J connectivity index is 1.99. The summed E-state index contributed by atoms with van der Waals surface area (Å²) in [6, 6.07) is 6.00. The average molecular weight is 440 g/mol. The first-order chi connectivity index (χ1) is 13.9. The van der Waals surface area contributed by atoms with E-state index >= 15 is 0 Å². The fraction of sp³-hybridized carbons (Fsp3) is 0.333. The maximum atomic E-state index is 13.8. The maximum absolute atomic E-state index is 13.8. The van der Waals surface area contributed by atoms with Gasteiger partial charge in [-0.2, -0.15) is 17.9 Å². The van der Waals surface area contributed by atoms with Gasteiger partial charge in [0.2, 0.25) is 10.0 Å². The molecule has 1 unspecified atom stereocenters. The monoisotopic (exact) mass is 440 g/mol. The van der Waals surface area contributed by atoms with E-state index in [1.54, 1.807) is 51.1 Å². The van der Waals surface area contributed by atoms with Crippen LogP contribution in [0.1, 0.15) is 22.3 Å². The van der Waals surface area contributed by atoms with Crippen molar-refractivity contribution >= 4 is 20.9 Å². The van der Waals surface area contributed by atoms with Crippen LogP contribution < -0.4 is 9.46 Å². The number of alkyl halides is 3. The fourth-order valence-corrected chi connectivity index (χ4v) is 5.41. The number of benzene rings is 2. The largest absolute Gasteiger partial charge is 0.497 e. The first kappa shape index (κ1) is 22.2. The van der Waals surface area contributed by atoms with Gasteiger partial charge in [-0.25, -0.2) is 8.42 Å². The van der Waals surface area contributed by atoms with Crippen LogP contribution in [0.2, 0.25) is 0 Å². The van der Waals surface area contributed by atoms with Crippen LogP contribution in [0.25, 0.3) is 10.9 Å². The van der Waals surface area contributed by atoms with Crippen molar-refractivity contribution in [2.45, 2.75) is 44.3 Å². The highest BCUT2D eigenvalue weighted by atomic mass is 32.2. The van der Waals surface area contributed by atoms with Crippen molar-refractivity contribution in [3.05, 3.63) is 58.8 Å². The summed E-state index contributed by atoms with van der Waals surface area (Å²) in [5, 5.41) is 0.547. The van der Waals surface area contributed by atoms with Crippen LogP contribution in [-0.4, -0.2) is 32.7 Å². The van der Waals surface area contributed by atoms with Crippen LogP contribution in [0, 0.1) is 20.8 Å². The summed E-state index contributed by atoms with van der Waals surface area (Å²) >= 11 is 0. The van der Waals surface area contributed by atoms with E-state index in [0.29, 0.717) is 33.3 Å². The van der Waals surface area contributed by atoms with Crippen LogP contribution in [0.5, 0.6) is 5.75 Å². The molecule has 0 fully saturated rings. The van der Waals surface area contributed by atoms with Crippen LogP contribution >= 0.6 is 0 Å². The predicted octanol–water partition coefficient (Wildman–Crippen LogP) is 4.55. The third-order valence-electron chi connectivity index (χ3n) is 4.96. The third-order valence-corrected chi connectivity index (χ3v) is 6.74. The number of nitrogens with one attached hydrogen (secondary N) is 2. The van der Waals surface area contributed by atoms with Gasteiger partial charge in [0.25, 0.3) is 0 Å². The Hall–Kier alpha value is -2.52. The zero-order valence-electron chi connectivity index (χ0n) is 17.0. The normalized spacial score (nSPS) is 13.6. The predicted molar refractivity (Wildman–Crippen MR) is 109 cm³/mol. The molecule has 0 aliphatic heterocycles. The third kappa shape index (κ3) is 4.46. The molecule has 0 amide bonds. The number of halogens is 3. The van der Waals surface area contributed by atoms with Gasteiger partial charge in [0, 0.05) is 17.1 Å². The number of aromatic nitrogens is 1. The highest BCUT2D eigenvalue weighted by Gasteiger charge is 2.43. The van der Waals surface area contributed by atoms with E-state index in [-0.39, 0.29) is 4.90 Å². The number of hydrogen-bond acceptors (Lipinski definition) is 3. The highest BCUT2D eigenvalue weighted by Crippen LogP contribution is 2.30. The van der Waals surface area contributed by atoms with E-state index in [1.165, 1.54) is 13.3 Å². The van der Waals surface area contributed by atoms with Crippen molar-refractivity contribution in [3.8, 4) is 5.75 Å². The first-order valence-corrected chi connectivity index (χ1v) is 10.7. The van der Waals surface area contributed by atoms with Crippen molar-refractivity contribution in [1.29, 1.82) is 0 Å². The molecule has 5 nitrogen and oxygen atoms in total. The van der Waals surface area contributed by atoms with Gasteiger partial charge in [0.1, 0.15) is 11.8 Å². The van der Waals surface area contributed by atoms with Crippen molar-refractivity contribution in [2.75, 3.05) is 7.11 Å². The van der Waals surface area contributed by atoms with Crippen LogP contribution in [0.15, 0.2) is 41.4 Å². The lowest BCUT2D eigenvalue weighted by atomic mass is 10.1. The standard InChI is InChI=1S/C21H23F3N2O3S/c1-12-7-13(2)20(14(3)8-12)30(27,28)26-19(21(22,23)24)9-15-11-25-18-6-5-16(29-4)10-17(15)18/h5-8,10-11,19,25-26H,9H2,1-4H3. The molecule has 2 aromatic carbocycles. The lowest BCUT2D eigenvalue weighted by molar-refractivity contribution is -0.150. The van der Waals surface area contributed by atoms with Crippen LogP contribution in [0.3, 0.4) is 0 Å². The smallest absolute Gasteiger partial charge is 0.405 e. The van der Waals surface area contributed by atoms with Gasteiger partial charge in [-0.15, -0.1) is 0 Å². The number of aromatic amines is 1. The molecule has 0 spiro atoms. The second-order valence-corrected chi connectivity index (χ2v) is 9.02. The van der Waals surface area contributed by atoms with Gasteiger partial charge in [-0.1, -0.05) is 17.7 Å². The molecule has 3 aromatic rings. The number of rotatable bonds is 6. The number of ether oxygens (including phenoxy) is 1. The summed E-state index contributed by atoms with van der Waals surface area (Å²) in [6.45, 7) is 4.94. The molecule has 0 radical (unpaired) electrons. The molecule has 1 atom stereocenters. The zero-order valence-corrected chi connectivity index (χ0v) is 17.8. The van der Waals surface area contributed by atoms with Gasteiger partial charge in [-0.3, -0.25) is 0 Å². The summed E-state index contributed by atoms with van der Waals surface area (Å²) in [7, 11) is -2.93. The quantitative estimate of drug-likeness (QED) is 0.591. The van der Waals surface area contributed by atoms with Crippen LogP contribution in [-0.2, 0) is 16.4 Å². The number of hydrogen-bond donors (Lipinski definition) is 2. The Morgan fingerprint density at radius 2 is 1.73 bits per heavy atom. The molecule has 0 bridgehead atoms.